The van der Waals surface area contributed by atoms with Crippen molar-refractivity contribution in [2.45, 2.75) is 38.7 Å². The average Bonchev–Trinajstić information content (AvgIpc) is 2.96. The van der Waals surface area contributed by atoms with Crippen LogP contribution < -0.4 is 5.56 Å². The molecule has 1 amide bonds. The van der Waals surface area contributed by atoms with Gasteiger partial charge in [0.1, 0.15) is 5.69 Å². The quantitative estimate of drug-likeness (QED) is 0.938. The number of amides is 1. The summed E-state index contributed by atoms with van der Waals surface area (Å²) in [4.78, 5) is 25.9. The SMILES string of the molecule is Cc1ccc(-n2[nH]c(C(=O)N3CCCCC3C(F)F)cc2=O)cc1. The molecular weight excluding hydrogens is 316 g/mol. The van der Waals surface area contributed by atoms with Gasteiger partial charge in [0.15, 0.2) is 0 Å². The second-order valence-electron chi connectivity index (χ2n) is 6.08. The molecule has 0 spiro atoms. The summed E-state index contributed by atoms with van der Waals surface area (Å²) in [6.07, 6.45) is -0.927. The van der Waals surface area contributed by atoms with Gasteiger partial charge in [0.2, 0.25) is 0 Å². The number of piperidine rings is 1. The summed E-state index contributed by atoms with van der Waals surface area (Å²) in [5.41, 5.74) is 1.28. The first-order valence-corrected chi connectivity index (χ1v) is 7.95. The number of carbonyl (C=O) groups excluding carboxylic acids is 1. The second kappa shape index (κ2) is 6.59. The third kappa shape index (κ3) is 3.11. The molecule has 0 saturated carbocycles. The Kier molecular flexibility index (Phi) is 4.51. The number of hydrogen-bond acceptors (Lipinski definition) is 2. The van der Waals surface area contributed by atoms with Crippen molar-refractivity contribution in [2.75, 3.05) is 6.54 Å². The molecule has 1 aromatic carbocycles. The minimum atomic E-state index is -2.58. The van der Waals surface area contributed by atoms with E-state index >= 15 is 0 Å². The van der Waals surface area contributed by atoms with E-state index in [2.05, 4.69) is 5.10 Å². The maximum Gasteiger partial charge on any atom is 0.272 e. The third-order valence-corrected chi connectivity index (χ3v) is 4.34. The van der Waals surface area contributed by atoms with E-state index in [-0.39, 0.29) is 18.7 Å². The number of rotatable bonds is 3. The number of likely N-dealkylation sites (tertiary alicyclic amines) is 1. The summed E-state index contributed by atoms with van der Waals surface area (Å²) in [5, 5.41) is 2.74. The van der Waals surface area contributed by atoms with Crippen molar-refractivity contribution in [3.05, 3.63) is 51.9 Å². The Morgan fingerprint density at radius 1 is 1.25 bits per heavy atom. The molecule has 0 aliphatic carbocycles. The molecule has 2 heterocycles. The molecule has 1 atom stereocenters. The van der Waals surface area contributed by atoms with Crippen LogP contribution in [0.1, 0.15) is 35.3 Å². The van der Waals surface area contributed by atoms with Crippen LogP contribution in [0, 0.1) is 6.92 Å². The molecule has 1 aliphatic rings. The van der Waals surface area contributed by atoms with Gasteiger partial charge in [0, 0.05) is 12.6 Å². The maximum atomic E-state index is 13.2. The maximum absolute atomic E-state index is 13.2. The van der Waals surface area contributed by atoms with Crippen molar-refractivity contribution in [1.82, 2.24) is 14.7 Å². The fraction of sp³-hybridized carbons (Fsp3) is 0.412. The predicted octanol–water partition coefficient (Wildman–Crippen LogP) is 2.73. The van der Waals surface area contributed by atoms with Crippen molar-refractivity contribution >= 4 is 5.91 Å². The van der Waals surface area contributed by atoms with Gasteiger partial charge in [-0.25, -0.2) is 13.5 Å². The number of nitrogens with zero attached hydrogens (tertiary/aromatic N) is 2. The highest BCUT2D eigenvalue weighted by Gasteiger charge is 2.34. The molecule has 5 nitrogen and oxygen atoms in total. The topological polar surface area (TPSA) is 58.1 Å². The highest BCUT2D eigenvalue weighted by Crippen LogP contribution is 2.23. The normalized spacial score (nSPS) is 18.2. The number of aromatic amines is 1. The van der Waals surface area contributed by atoms with Crippen molar-refractivity contribution in [1.29, 1.82) is 0 Å². The first-order valence-electron chi connectivity index (χ1n) is 7.95. The lowest BCUT2D eigenvalue weighted by molar-refractivity contribution is 0.00648. The van der Waals surface area contributed by atoms with Crippen molar-refractivity contribution in [2.24, 2.45) is 0 Å². The van der Waals surface area contributed by atoms with Crippen LogP contribution in [0.15, 0.2) is 35.1 Å². The van der Waals surface area contributed by atoms with Crippen LogP contribution in [-0.2, 0) is 0 Å². The van der Waals surface area contributed by atoms with Gasteiger partial charge in [-0.1, -0.05) is 17.7 Å². The van der Waals surface area contributed by atoms with Crippen LogP contribution >= 0.6 is 0 Å². The summed E-state index contributed by atoms with van der Waals surface area (Å²) >= 11 is 0. The molecule has 1 unspecified atom stereocenters. The van der Waals surface area contributed by atoms with Gasteiger partial charge in [0.25, 0.3) is 17.9 Å². The Morgan fingerprint density at radius 2 is 1.96 bits per heavy atom. The number of carbonyl (C=O) groups is 1. The van der Waals surface area contributed by atoms with Crippen molar-refractivity contribution in [3.8, 4) is 5.69 Å². The lowest BCUT2D eigenvalue weighted by atomic mass is 10.0. The van der Waals surface area contributed by atoms with E-state index in [1.165, 1.54) is 15.6 Å². The number of hydrogen-bond donors (Lipinski definition) is 1. The van der Waals surface area contributed by atoms with Gasteiger partial charge in [-0.3, -0.25) is 14.7 Å². The summed E-state index contributed by atoms with van der Waals surface area (Å²) < 4.78 is 27.6. The van der Waals surface area contributed by atoms with Crippen LogP contribution in [-0.4, -0.2) is 39.6 Å². The van der Waals surface area contributed by atoms with E-state index in [0.29, 0.717) is 18.5 Å². The zero-order chi connectivity index (χ0) is 17.3. The fourth-order valence-corrected chi connectivity index (χ4v) is 3.02. The van der Waals surface area contributed by atoms with E-state index in [4.69, 9.17) is 0 Å². The number of aromatic nitrogens is 2. The number of aryl methyl sites for hydroxylation is 1. The smallest absolute Gasteiger partial charge is 0.272 e. The Morgan fingerprint density at radius 3 is 2.62 bits per heavy atom. The van der Waals surface area contributed by atoms with Crippen LogP contribution in [0.3, 0.4) is 0 Å². The number of nitrogens with one attached hydrogen (secondary N) is 1. The summed E-state index contributed by atoms with van der Waals surface area (Å²) in [6.45, 7) is 2.21. The van der Waals surface area contributed by atoms with Gasteiger partial charge in [0.05, 0.1) is 11.7 Å². The Labute approximate surface area is 137 Å². The van der Waals surface area contributed by atoms with Crippen molar-refractivity contribution in [3.63, 3.8) is 0 Å². The van der Waals surface area contributed by atoms with Crippen LogP contribution in [0.25, 0.3) is 5.69 Å². The second-order valence-corrected chi connectivity index (χ2v) is 6.08. The zero-order valence-corrected chi connectivity index (χ0v) is 13.3. The van der Waals surface area contributed by atoms with Gasteiger partial charge >= 0.3 is 0 Å². The Balaban J connectivity index is 1.90. The van der Waals surface area contributed by atoms with E-state index < -0.39 is 23.9 Å². The highest BCUT2D eigenvalue weighted by atomic mass is 19.3. The first-order chi connectivity index (χ1) is 11.5. The molecule has 1 fully saturated rings. The minimum absolute atomic E-state index is 0.0353. The molecule has 0 radical (unpaired) electrons. The number of benzene rings is 1. The summed E-state index contributed by atoms with van der Waals surface area (Å²) in [7, 11) is 0. The average molecular weight is 335 g/mol. The van der Waals surface area contributed by atoms with Crippen molar-refractivity contribution < 1.29 is 13.6 Å². The number of H-pyrrole nitrogens is 1. The number of halogens is 2. The predicted molar refractivity (Wildman–Crippen MR) is 85.8 cm³/mol. The molecule has 0 bridgehead atoms. The molecule has 1 aromatic heterocycles. The molecule has 3 rings (SSSR count). The van der Waals surface area contributed by atoms with Crippen LogP contribution in [0.5, 0.6) is 0 Å². The zero-order valence-electron chi connectivity index (χ0n) is 13.3. The molecule has 7 heteroatoms. The van der Waals surface area contributed by atoms with Gasteiger partial charge in [-0.2, -0.15) is 0 Å². The van der Waals surface area contributed by atoms with Gasteiger partial charge in [-0.05, 0) is 38.3 Å². The molecule has 24 heavy (non-hydrogen) atoms. The molecule has 1 N–H and O–H groups in total. The summed E-state index contributed by atoms with van der Waals surface area (Å²) in [5.74, 6) is -0.553. The lowest BCUT2D eigenvalue weighted by Gasteiger charge is -2.34. The van der Waals surface area contributed by atoms with Gasteiger partial charge < -0.3 is 4.90 Å². The van der Waals surface area contributed by atoms with E-state index in [1.54, 1.807) is 12.1 Å². The molecule has 1 aliphatic heterocycles. The number of alkyl halides is 2. The van der Waals surface area contributed by atoms with E-state index in [9.17, 15) is 18.4 Å². The molecular formula is C17H19F2N3O2. The molecule has 128 valence electrons. The first kappa shape index (κ1) is 16.4. The standard InChI is InChI=1S/C17H19F2N3O2/c1-11-5-7-12(8-6-11)22-15(23)10-13(20-22)17(24)21-9-3-2-4-14(21)16(18)19/h5-8,10,14,16,20H,2-4,9H2,1H3. The van der Waals surface area contributed by atoms with Crippen LogP contribution in [0.4, 0.5) is 8.78 Å². The Bertz CT molecular complexity index is 780. The fourth-order valence-electron chi connectivity index (χ4n) is 3.02. The van der Waals surface area contributed by atoms with E-state index in [0.717, 1.165) is 5.56 Å². The highest BCUT2D eigenvalue weighted by molar-refractivity contribution is 5.92. The van der Waals surface area contributed by atoms with E-state index in [1.807, 2.05) is 19.1 Å². The summed E-state index contributed by atoms with van der Waals surface area (Å²) in [6, 6.07) is 7.29. The molecule has 2 aromatic rings. The largest absolute Gasteiger partial charge is 0.329 e. The van der Waals surface area contributed by atoms with Crippen LogP contribution in [0.2, 0.25) is 0 Å². The molecule has 1 saturated heterocycles. The Hall–Kier alpha value is -2.44. The van der Waals surface area contributed by atoms with Gasteiger partial charge in [-0.15, -0.1) is 0 Å². The lowest BCUT2D eigenvalue weighted by Crippen LogP contribution is -2.47. The third-order valence-electron chi connectivity index (χ3n) is 4.34. The monoisotopic (exact) mass is 335 g/mol. The minimum Gasteiger partial charge on any atom is -0.329 e.